The second kappa shape index (κ2) is 8.11. The molecule has 1 amide bonds. The molecule has 0 radical (unpaired) electrons. The molecule has 3 aromatic rings. The first-order valence-corrected chi connectivity index (χ1v) is 11.2. The molecule has 1 aliphatic carbocycles. The summed E-state index contributed by atoms with van der Waals surface area (Å²) in [5, 5.41) is 3.71. The molecule has 29 heavy (non-hydrogen) atoms. The molecule has 4 rings (SSSR count). The van der Waals surface area contributed by atoms with Crippen molar-refractivity contribution in [1.82, 2.24) is 14.9 Å². The van der Waals surface area contributed by atoms with Gasteiger partial charge in [0.2, 0.25) is 5.91 Å². The number of amides is 1. The number of fused-ring (bicyclic) bond motifs is 3. The van der Waals surface area contributed by atoms with E-state index in [1.165, 1.54) is 21.3 Å². The van der Waals surface area contributed by atoms with Gasteiger partial charge in [-0.1, -0.05) is 38.1 Å². The summed E-state index contributed by atoms with van der Waals surface area (Å²) in [7, 11) is 0. The number of aryl methyl sites for hydroxylation is 2. The molecule has 5 nitrogen and oxygen atoms in total. The Bertz CT molecular complexity index is 1100. The Morgan fingerprint density at radius 1 is 1.34 bits per heavy atom. The van der Waals surface area contributed by atoms with E-state index >= 15 is 0 Å². The van der Waals surface area contributed by atoms with Gasteiger partial charge in [0, 0.05) is 4.88 Å². The maximum atomic E-state index is 13.1. The molecule has 0 saturated heterocycles. The largest absolute Gasteiger partial charge is 0.348 e. The van der Waals surface area contributed by atoms with Crippen LogP contribution in [0.4, 0.5) is 0 Å². The lowest BCUT2D eigenvalue weighted by Gasteiger charge is -2.17. The van der Waals surface area contributed by atoms with Crippen LogP contribution in [-0.2, 0) is 30.6 Å². The van der Waals surface area contributed by atoms with Crippen LogP contribution in [0.15, 0.2) is 35.4 Å². The third-order valence-corrected chi connectivity index (χ3v) is 7.02. The van der Waals surface area contributed by atoms with Crippen LogP contribution in [0.25, 0.3) is 10.2 Å². The lowest BCUT2D eigenvalue weighted by molar-refractivity contribution is -0.122. The average molecular weight is 410 g/mol. The summed E-state index contributed by atoms with van der Waals surface area (Å²) < 4.78 is 1.44. The van der Waals surface area contributed by atoms with Gasteiger partial charge in [-0.3, -0.25) is 14.2 Å². The highest BCUT2D eigenvalue weighted by Gasteiger charge is 2.23. The summed E-state index contributed by atoms with van der Waals surface area (Å²) in [4.78, 5) is 32.2. The molecule has 2 aromatic heterocycles. The molecule has 1 N–H and O–H groups in total. The minimum atomic E-state index is -0.182. The molecule has 2 heterocycles. The number of carbonyl (C=O) groups excluding carboxylic acids is 1. The molecule has 6 heteroatoms. The molecule has 2 atom stereocenters. The zero-order valence-electron chi connectivity index (χ0n) is 17.2. The molecular formula is C23H27N3O2S. The Morgan fingerprint density at radius 2 is 2.10 bits per heavy atom. The summed E-state index contributed by atoms with van der Waals surface area (Å²) in [5.74, 6) is 0.467. The second-order valence-corrected chi connectivity index (χ2v) is 9.18. The summed E-state index contributed by atoms with van der Waals surface area (Å²) in [6, 6.07) is 8.14. The lowest BCUT2D eigenvalue weighted by atomic mass is 9.89. The van der Waals surface area contributed by atoms with Gasteiger partial charge in [-0.2, -0.15) is 0 Å². The lowest BCUT2D eigenvalue weighted by Crippen LogP contribution is -2.34. The van der Waals surface area contributed by atoms with E-state index in [0.717, 1.165) is 47.0 Å². The van der Waals surface area contributed by atoms with Crippen molar-refractivity contribution < 1.29 is 4.79 Å². The highest BCUT2D eigenvalue weighted by atomic mass is 32.1. The van der Waals surface area contributed by atoms with E-state index in [2.05, 4.69) is 36.3 Å². The van der Waals surface area contributed by atoms with Gasteiger partial charge >= 0.3 is 0 Å². The molecule has 0 aliphatic heterocycles. The van der Waals surface area contributed by atoms with Crippen molar-refractivity contribution in [2.24, 2.45) is 5.92 Å². The molecule has 0 fully saturated rings. The van der Waals surface area contributed by atoms with Crippen LogP contribution in [-0.4, -0.2) is 15.5 Å². The highest BCUT2D eigenvalue weighted by molar-refractivity contribution is 7.18. The summed E-state index contributed by atoms with van der Waals surface area (Å²) in [6.45, 7) is 6.31. The monoisotopic (exact) mass is 409 g/mol. The molecule has 1 aliphatic rings. The molecular weight excluding hydrogens is 382 g/mol. The van der Waals surface area contributed by atoms with Crippen LogP contribution in [0.5, 0.6) is 0 Å². The summed E-state index contributed by atoms with van der Waals surface area (Å²) >= 11 is 1.63. The predicted molar refractivity (Wildman–Crippen MR) is 117 cm³/mol. The number of nitrogens with one attached hydrogen (secondary N) is 1. The van der Waals surface area contributed by atoms with Crippen LogP contribution in [0.1, 0.15) is 54.8 Å². The third-order valence-electron chi connectivity index (χ3n) is 5.86. The highest BCUT2D eigenvalue weighted by Crippen LogP contribution is 2.35. The number of aromatic nitrogens is 2. The molecule has 0 saturated carbocycles. The topological polar surface area (TPSA) is 64.0 Å². The second-order valence-electron chi connectivity index (χ2n) is 8.09. The van der Waals surface area contributed by atoms with Crippen LogP contribution < -0.4 is 10.9 Å². The molecule has 0 spiro atoms. The number of thiophene rings is 1. The number of nitrogens with zero attached hydrogens (tertiary/aromatic N) is 2. The smallest absolute Gasteiger partial charge is 0.262 e. The fourth-order valence-corrected chi connectivity index (χ4v) is 5.39. The normalized spacial score (nSPS) is 17.1. The minimum absolute atomic E-state index is 0.0137. The first-order valence-electron chi connectivity index (χ1n) is 10.3. The zero-order valence-corrected chi connectivity index (χ0v) is 18.0. The van der Waals surface area contributed by atoms with E-state index in [-0.39, 0.29) is 24.1 Å². The van der Waals surface area contributed by atoms with E-state index in [1.54, 1.807) is 11.3 Å². The van der Waals surface area contributed by atoms with Crippen molar-refractivity contribution in [3.63, 3.8) is 0 Å². The van der Waals surface area contributed by atoms with Crippen LogP contribution in [0, 0.1) is 5.92 Å². The van der Waals surface area contributed by atoms with Crippen LogP contribution in [0.2, 0.25) is 0 Å². The summed E-state index contributed by atoms with van der Waals surface area (Å²) in [6.07, 6.45) is 5.54. The number of rotatable bonds is 5. The van der Waals surface area contributed by atoms with Crippen molar-refractivity contribution in [3.05, 3.63) is 62.5 Å². The van der Waals surface area contributed by atoms with Gasteiger partial charge in [0.1, 0.15) is 11.4 Å². The van der Waals surface area contributed by atoms with Crippen molar-refractivity contribution in [2.45, 2.75) is 59.0 Å². The van der Waals surface area contributed by atoms with Gasteiger partial charge in [0.15, 0.2) is 0 Å². The summed E-state index contributed by atoms with van der Waals surface area (Å²) in [5.41, 5.74) is 3.38. The number of hydrogen-bond donors (Lipinski definition) is 1. The van der Waals surface area contributed by atoms with Crippen molar-refractivity contribution in [3.8, 4) is 0 Å². The SMILES string of the molecule is CCc1ccc([C@H](C)NC(=O)Cn2cnc3sc4c(c3c2=O)CC[C@H](C)C4)cc1. The Kier molecular flexibility index (Phi) is 5.54. The van der Waals surface area contributed by atoms with Crippen LogP contribution in [0.3, 0.4) is 0 Å². The van der Waals surface area contributed by atoms with Gasteiger partial charge < -0.3 is 5.32 Å². The Morgan fingerprint density at radius 3 is 2.83 bits per heavy atom. The Hall–Kier alpha value is -2.47. The molecule has 0 unspecified atom stereocenters. The van der Waals surface area contributed by atoms with Gasteiger partial charge in [-0.15, -0.1) is 11.3 Å². The molecule has 1 aromatic carbocycles. The number of carbonyl (C=O) groups is 1. The van der Waals surface area contributed by atoms with Gasteiger partial charge in [0.05, 0.1) is 17.8 Å². The fourth-order valence-electron chi connectivity index (χ4n) is 4.05. The van der Waals surface area contributed by atoms with E-state index in [0.29, 0.717) is 5.92 Å². The quantitative estimate of drug-likeness (QED) is 0.692. The van der Waals surface area contributed by atoms with E-state index in [1.807, 2.05) is 19.1 Å². The van der Waals surface area contributed by atoms with Gasteiger partial charge in [-0.05, 0) is 55.2 Å². The number of benzene rings is 1. The van der Waals surface area contributed by atoms with Crippen molar-refractivity contribution in [2.75, 3.05) is 0 Å². The van der Waals surface area contributed by atoms with Crippen molar-refractivity contribution >= 4 is 27.5 Å². The average Bonchev–Trinajstić information content (AvgIpc) is 3.08. The first-order chi connectivity index (χ1) is 14.0. The number of hydrogen-bond acceptors (Lipinski definition) is 4. The van der Waals surface area contributed by atoms with Gasteiger partial charge in [-0.25, -0.2) is 4.98 Å². The van der Waals surface area contributed by atoms with E-state index < -0.39 is 0 Å². The van der Waals surface area contributed by atoms with Crippen LogP contribution >= 0.6 is 11.3 Å². The third kappa shape index (κ3) is 3.99. The Balaban J connectivity index is 1.52. The fraction of sp³-hybridized carbons (Fsp3) is 0.435. The zero-order chi connectivity index (χ0) is 20.5. The maximum absolute atomic E-state index is 13.1. The predicted octanol–water partition coefficient (Wildman–Crippen LogP) is 4.02. The van der Waals surface area contributed by atoms with E-state index in [4.69, 9.17) is 0 Å². The van der Waals surface area contributed by atoms with Gasteiger partial charge in [0.25, 0.3) is 5.56 Å². The maximum Gasteiger partial charge on any atom is 0.262 e. The molecule has 0 bridgehead atoms. The standard InChI is InChI=1S/C23H27N3O2S/c1-4-16-6-8-17(9-7-16)15(3)25-20(27)12-26-13-24-22-21(23(26)28)18-10-5-14(2)11-19(18)29-22/h6-9,13-15H,4-5,10-12H2,1-3H3,(H,25,27)/t14-,15-/m0/s1. The Labute approximate surface area is 174 Å². The van der Waals surface area contributed by atoms with E-state index in [9.17, 15) is 9.59 Å². The molecule has 152 valence electrons. The first kappa shape index (κ1) is 19.8. The van der Waals surface area contributed by atoms with Crippen molar-refractivity contribution in [1.29, 1.82) is 0 Å². The minimum Gasteiger partial charge on any atom is -0.348 e.